The van der Waals surface area contributed by atoms with Gasteiger partial charge in [0, 0.05) is 32.6 Å². The molecule has 0 saturated carbocycles. The molecule has 0 aromatic heterocycles. The van der Waals surface area contributed by atoms with Crippen molar-refractivity contribution in [2.45, 2.75) is 12.8 Å². The molecular weight excluding hydrogens is 166 g/mol. The van der Waals surface area contributed by atoms with Gasteiger partial charge in [-0.05, 0) is 6.42 Å². The van der Waals surface area contributed by atoms with E-state index in [1.807, 2.05) is 0 Å². The minimum Gasteiger partial charge on any atom is -0.395 e. The Balaban J connectivity index is 2.21. The highest BCUT2D eigenvalue weighted by molar-refractivity contribution is 4.75. The van der Waals surface area contributed by atoms with Crippen LogP contribution in [0.3, 0.4) is 0 Å². The van der Waals surface area contributed by atoms with E-state index in [4.69, 9.17) is 10.4 Å². The van der Waals surface area contributed by atoms with Gasteiger partial charge >= 0.3 is 0 Å². The summed E-state index contributed by atoms with van der Waals surface area (Å²) in [5.74, 6) is 0. The third kappa shape index (κ3) is 3.73. The van der Waals surface area contributed by atoms with Gasteiger partial charge in [0.25, 0.3) is 0 Å². The molecule has 0 atom stereocenters. The number of β-amino-alcohol motifs (C(OH)–C–C–N with tert-alkyl or cyclic N) is 1. The molecule has 1 fully saturated rings. The maximum Gasteiger partial charge on any atom is 0.0635 e. The lowest BCUT2D eigenvalue weighted by atomic mass is 10.3. The summed E-state index contributed by atoms with van der Waals surface area (Å²) in [7, 11) is 0. The highest BCUT2D eigenvalue weighted by Crippen LogP contribution is 2.05. The molecule has 1 heterocycles. The van der Waals surface area contributed by atoms with Gasteiger partial charge in [0.1, 0.15) is 0 Å². The molecule has 1 aliphatic rings. The van der Waals surface area contributed by atoms with E-state index in [1.165, 1.54) is 0 Å². The van der Waals surface area contributed by atoms with Crippen molar-refractivity contribution in [3.8, 4) is 6.07 Å². The summed E-state index contributed by atoms with van der Waals surface area (Å²) in [6, 6.07) is 2.15. The Hall–Kier alpha value is -0.630. The summed E-state index contributed by atoms with van der Waals surface area (Å²) < 4.78 is 0. The first-order valence-corrected chi connectivity index (χ1v) is 4.79. The number of rotatable bonds is 4. The lowest BCUT2D eigenvalue weighted by molar-refractivity contribution is 0.0725. The molecule has 1 saturated heterocycles. The maximum absolute atomic E-state index is 8.77. The Morgan fingerprint density at radius 2 is 1.92 bits per heavy atom. The van der Waals surface area contributed by atoms with Gasteiger partial charge in [-0.3, -0.25) is 9.80 Å². The molecule has 1 aliphatic heterocycles. The number of nitrogens with zero attached hydrogens (tertiary/aromatic N) is 3. The van der Waals surface area contributed by atoms with E-state index in [2.05, 4.69) is 15.9 Å². The smallest absolute Gasteiger partial charge is 0.0635 e. The molecule has 4 heteroatoms. The van der Waals surface area contributed by atoms with Gasteiger partial charge in [0.05, 0.1) is 19.3 Å². The van der Waals surface area contributed by atoms with Gasteiger partial charge in [0.15, 0.2) is 0 Å². The van der Waals surface area contributed by atoms with Crippen LogP contribution in [0.1, 0.15) is 12.8 Å². The Morgan fingerprint density at radius 3 is 2.54 bits per heavy atom. The SMILES string of the molecule is N#CCCN1CCCN(CCO)C1. The quantitative estimate of drug-likeness (QED) is 0.659. The predicted molar refractivity (Wildman–Crippen MR) is 49.9 cm³/mol. The third-order valence-corrected chi connectivity index (χ3v) is 2.30. The monoisotopic (exact) mass is 183 g/mol. The highest BCUT2D eigenvalue weighted by Gasteiger charge is 2.15. The molecule has 0 radical (unpaired) electrons. The molecule has 0 aromatic carbocycles. The summed E-state index contributed by atoms with van der Waals surface area (Å²) in [4.78, 5) is 4.49. The first-order chi connectivity index (χ1) is 6.36. The van der Waals surface area contributed by atoms with Crippen LogP contribution < -0.4 is 0 Å². The standard InChI is InChI=1S/C9H17N3O/c10-3-1-4-11-5-2-6-12(9-11)7-8-13/h13H,1-2,4-9H2. The molecule has 0 amide bonds. The second-order valence-corrected chi connectivity index (χ2v) is 3.36. The second kappa shape index (κ2) is 5.92. The maximum atomic E-state index is 8.77. The fourth-order valence-corrected chi connectivity index (χ4v) is 1.66. The molecular formula is C9H17N3O. The van der Waals surface area contributed by atoms with Crippen molar-refractivity contribution in [1.82, 2.24) is 9.80 Å². The number of aliphatic hydroxyl groups excluding tert-OH is 1. The zero-order chi connectivity index (χ0) is 9.52. The molecule has 0 unspecified atom stereocenters. The largest absolute Gasteiger partial charge is 0.395 e. The molecule has 0 aromatic rings. The molecule has 0 bridgehead atoms. The van der Waals surface area contributed by atoms with Crippen molar-refractivity contribution in [2.24, 2.45) is 0 Å². The molecule has 4 nitrogen and oxygen atoms in total. The van der Waals surface area contributed by atoms with Crippen LogP contribution >= 0.6 is 0 Å². The summed E-state index contributed by atoms with van der Waals surface area (Å²) in [5, 5.41) is 17.2. The minimum atomic E-state index is 0.228. The number of nitriles is 1. The van der Waals surface area contributed by atoms with Gasteiger partial charge < -0.3 is 5.11 Å². The Kier molecular flexibility index (Phi) is 4.76. The normalized spacial score (nSPS) is 20.0. The van der Waals surface area contributed by atoms with Crippen LogP contribution in [-0.2, 0) is 0 Å². The van der Waals surface area contributed by atoms with E-state index < -0.39 is 0 Å². The second-order valence-electron chi connectivity index (χ2n) is 3.36. The number of aliphatic hydroxyl groups is 1. The highest BCUT2D eigenvalue weighted by atomic mass is 16.3. The van der Waals surface area contributed by atoms with Crippen molar-refractivity contribution in [3.63, 3.8) is 0 Å². The third-order valence-electron chi connectivity index (χ3n) is 2.30. The Labute approximate surface area is 79.4 Å². The number of hydrogen-bond donors (Lipinski definition) is 1. The molecule has 1 N–H and O–H groups in total. The number of hydrogen-bond acceptors (Lipinski definition) is 4. The van der Waals surface area contributed by atoms with Crippen molar-refractivity contribution in [2.75, 3.05) is 39.5 Å². The molecule has 13 heavy (non-hydrogen) atoms. The van der Waals surface area contributed by atoms with Crippen LogP contribution in [0.25, 0.3) is 0 Å². The molecule has 0 spiro atoms. The first kappa shape index (κ1) is 10.5. The average Bonchev–Trinajstić information content (AvgIpc) is 2.16. The van der Waals surface area contributed by atoms with E-state index >= 15 is 0 Å². The van der Waals surface area contributed by atoms with Gasteiger partial charge in [-0.1, -0.05) is 0 Å². The Bertz CT molecular complexity index is 176. The van der Waals surface area contributed by atoms with Crippen LogP contribution in [0.4, 0.5) is 0 Å². The fourth-order valence-electron chi connectivity index (χ4n) is 1.66. The Morgan fingerprint density at radius 1 is 1.23 bits per heavy atom. The van der Waals surface area contributed by atoms with E-state index in [0.29, 0.717) is 6.42 Å². The van der Waals surface area contributed by atoms with Crippen LogP contribution in [0.15, 0.2) is 0 Å². The van der Waals surface area contributed by atoms with Crippen LogP contribution in [-0.4, -0.2) is 54.4 Å². The van der Waals surface area contributed by atoms with Gasteiger partial charge in [-0.2, -0.15) is 5.26 Å². The average molecular weight is 183 g/mol. The van der Waals surface area contributed by atoms with Crippen LogP contribution in [0.2, 0.25) is 0 Å². The lowest BCUT2D eigenvalue weighted by Gasteiger charge is -2.34. The molecule has 0 aliphatic carbocycles. The van der Waals surface area contributed by atoms with E-state index in [-0.39, 0.29) is 6.61 Å². The van der Waals surface area contributed by atoms with Gasteiger partial charge in [-0.25, -0.2) is 0 Å². The van der Waals surface area contributed by atoms with Gasteiger partial charge in [-0.15, -0.1) is 0 Å². The zero-order valence-corrected chi connectivity index (χ0v) is 7.95. The summed E-state index contributed by atoms with van der Waals surface area (Å²) in [6.07, 6.45) is 1.75. The van der Waals surface area contributed by atoms with Gasteiger partial charge in [0.2, 0.25) is 0 Å². The fraction of sp³-hybridized carbons (Fsp3) is 0.889. The summed E-state index contributed by atoms with van der Waals surface area (Å²) in [6.45, 7) is 4.91. The lowest BCUT2D eigenvalue weighted by Crippen LogP contribution is -2.45. The van der Waals surface area contributed by atoms with Crippen molar-refractivity contribution >= 4 is 0 Å². The zero-order valence-electron chi connectivity index (χ0n) is 7.95. The first-order valence-electron chi connectivity index (χ1n) is 4.79. The van der Waals surface area contributed by atoms with Crippen molar-refractivity contribution in [1.29, 1.82) is 5.26 Å². The topological polar surface area (TPSA) is 50.5 Å². The van der Waals surface area contributed by atoms with Crippen molar-refractivity contribution < 1.29 is 5.11 Å². The molecule has 1 rings (SSSR count). The summed E-state index contributed by atoms with van der Waals surface area (Å²) >= 11 is 0. The van der Waals surface area contributed by atoms with Crippen LogP contribution in [0.5, 0.6) is 0 Å². The van der Waals surface area contributed by atoms with Crippen LogP contribution in [0, 0.1) is 11.3 Å². The van der Waals surface area contributed by atoms with E-state index in [0.717, 1.165) is 39.3 Å². The summed E-state index contributed by atoms with van der Waals surface area (Å²) in [5.41, 5.74) is 0. The molecule has 74 valence electrons. The van der Waals surface area contributed by atoms with E-state index in [1.54, 1.807) is 0 Å². The van der Waals surface area contributed by atoms with Crippen molar-refractivity contribution in [3.05, 3.63) is 0 Å². The van der Waals surface area contributed by atoms with E-state index in [9.17, 15) is 0 Å². The predicted octanol–water partition coefficient (Wildman–Crippen LogP) is -0.142. The minimum absolute atomic E-state index is 0.228.